The van der Waals surface area contributed by atoms with Crippen molar-refractivity contribution in [1.29, 1.82) is 0 Å². The first kappa shape index (κ1) is 21.4. The fraction of sp³-hybridized carbons (Fsp3) is 0.333. The first-order valence-electron chi connectivity index (χ1n) is 9.65. The highest BCUT2D eigenvalue weighted by Crippen LogP contribution is 2.19. The third-order valence-corrected chi connectivity index (χ3v) is 4.82. The summed E-state index contributed by atoms with van der Waals surface area (Å²) in [5.74, 6) is 0.874. The van der Waals surface area contributed by atoms with Gasteiger partial charge in [-0.25, -0.2) is 4.98 Å². The Bertz CT molecular complexity index is 839. The molecular weight excluding hydrogens is 346 g/mol. The molecule has 0 amide bonds. The highest BCUT2D eigenvalue weighted by Gasteiger charge is 2.22. The van der Waals surface area contributed by atoms with E-state index in [4.69, 9.17) is 0 Å². The van der Waals surface area contributed by atoms with Crippen molar-refractivity contribution in [2.75, 3.05) is 18.4 Å². The molecule has 0 saturated carbocycles. The number of pyridine rings is 1. The SMILES string of the molecule is C=CC(=C)N1CCC(Nc2ccc(C(C)=O)c(C)n2)C1.Cc1cccc(C)c1. The van der Waals surface area contributed by atoms with Crippen molar-refractivity contribution in [2.24, 2.45) is 0 Å². The Morgan fingerprint density at radius 2 is 1.89 bits per heavy atom. The van der Waals surface area contributed by atoms with E-state index in [2.05, 4.69) is 66.5 Å². The number of carbonyl (C=O) groups is 1. The number of aromatic nitrogens is 1. The molecule has 1 fully saturated rings. The third kappa shape index (κ3) is 6.08. The Morgan fingerprint density at radius 1 is 1.21 bits per heavy atom. The van der Waals surface area contributed by atoms with Gasteiger partial charge >= 0.3 is 0 Å². The number of hydrogen-bond donors (Lipinski definition) is 1. The standard InChI is InChI=1S/C16H21N3O.C8H10/c1-5-11(2)19-9-8-14(10-19)18-16-7-6-15(13(4)20)12(3)17-16;1-7-4-3-5-8(2)6-7/h5-7,14H,1-2,8-10H2,3-4H3,(H,17,18);3-6H,1-2H3. The van der Waals surface area contributed by atoms with Crippen LogP contribution in [0.25, 0.3) is 0 Å². The summed E-state index contributed by atoms with van der Waals surface area (Å²) in [6, 6.07) is 12.5. The van der Waals surface area contributed by atoms with E-state index in [-0.39, 0.29) is 5.78 Å². The molecule has 1 atom stereocenters. The molecule has 0 radical (unpaired) electrons. The Morgan fingerprint density at radius 3 is 2.39 bits per heavy atom. The van der Waals surface area contributed by atoms with Gasteiger partial charge in [0.25, 0.3) is 0 Å². The number of benzene rings is 1. The number of nitrogens with zero attached hydrogens (tertiary/aromatic N) is 2. The molecule has 1 aromatic heterocycles. The zero-order chi connectivity index (χ0) is 20.7. The quantitative estimate of drug-likeness (QED) is 0.583. The smallest absolute Gasteiger partial charge is 0.161 e. The number of rotatable bonds is 5. The molecule has 4 heteroatoms. The van der Waals surface area contributed by atoms with Crippen molar-refractivity contribution >= 4 is 11.6 Å². The van der Waals surface area contributed by atoms with E-state index < -0.39 is 0 Å². The van der Waals surface area contributed by atoms with Crippen molar-refractivity contribution in [3.05, 3.63) is 83.7 Å². The van der Waals surface area contributed by atoms with Gasteiger partial charge in [0, 0.05) is 30.4 Å². The second kappa shape index (κ2) is 9.88. The van der Waals surface area contributed by atoms with E-state index in [1.54, 1.807) is 13.0 Å². The molecule has 1 aliphatic rings. The fourth-order valence-corrected chi connectivity index (χ4v) is 3.30. The van der Waals surface area contributed by atoms with Crippen molar-refractivity contribution in [2.45, 2.75) is 40.2 Å². The molecule has 0 bridgehead atoms. The highest BCUT2D eigenvalue weighted by molar-refractivity contribution is 5.95. The number of aryl methyl sites for hydroxylation is 3. The number of hydrogen-bond acceptors (Lipinski definition) is 4. The lowest BCUT2D eigenvalue weighted by atomic mass is 10.1. The minimum atomic E-state index is 0.0517. The van der Waals surface area contributed by atoms with Gasteiger partial charge < -0.3 is 10.2 Å². The van der Waals surface area contributed by atoms with Crippen LogP contribution in [0.1, 0.15) is 40.5 Å². The second-order valence-electron chi connectivity index (χ2n) is 7.32. The molecular formula is C24H31N3O. The van der Waals surface area contributed by atoms with E-state index in [0.717, 1.165) is 36.7 Å². The topological polar surface area (TPSA) is 45.2 Å². The lowest BCUT2D eigenvalue weighted by Crippen LogP contribution is -2.25. The lowest BCUT2D eigenvalue weighted by molar-refractivity contribution is 0.101. The molecule has 0 aliphatic carbocycles. The summed E-state index contributed by atoms with van der Waals surface area (Å²) < 4.78 is 0. The van der Waals surface area contributed by atoms with Crippen molar-refractivity contribution in [3.63, 3.8) is 0 Å². The summed E-state index contributed by atoms with van der Waals surface area (Å²) in [7, 11) is 0. The van der Waals surface area contributed by atoms with Gasteiger partial charge in [-0.05, 0) is 52.3 Å². The predicted octanol–water partition coefficient (Wildman–Crippen LogP) is 5.08. The Kier molecular flexibility index (Phi) is 7.56. The van der Waals surface area contributed by atoms with Gasteiger partial charge in [-0.15, -0.1) is 0 Å². The number of nitrogens with one attached hydrogen (secondary N) is 1. The predicted molar refractivity (Wildman–Crippen MR) is 118 cm³/mol. The Labute approximate surface area is 169 Å². The molecule has 1 aliphatic heterocycles. The molecule has 148 valence electrons. The van der Waals surface area contributed by atoms with Crippen LogP contribution in [-0.2, 0) is 0 Å². The molecule has 1 saturated heterocycles. The van der Waals surface area contributed by atoms with Gasteiger partial charge in [0.05, 0.1) is 5.69 Å². The van der Waals surface area contributed by atoms with Gasteiger partial charge in [0.2, 0.25) is 0 Å². The van der Waals surface area contributed by atoms with E-state index in [0.29, 0.717) is 11.6 Å². The van der Waals surface area contributed by atoms with E-state index in [1.165, 1.54) is 11.1 Å². The Hall–Kier alpha value is -2.88. The van der Waals surface area contributed by atoms with Gasteiger partial charge in [-0.2, -0.15) is 0 Å². The number of Topliss-reactive ketones (excluding diaryl/α,β-unsaturated/α-hetero) is 1. The summed E-state index contributed by atoms with van der Waals surface area (Å²) in [6.45, 7) is 17.2. The van der Waals surface area contributed by atoms with Crippen molar-refractivity contribution in [3.8, 4) is 0 Å². The summed E-state index contributed by atoms with van der Waals surface area (Å²) in [4.78, 5) is 18.1. The number of carbonyl (C=O) groups excluding carboxylic acids is 1. The van der Waals surface area contributed by atoms with Gasteiger partial charge in [-0.1, -0.05) is 48.6 Å². The maximum atomic E-state index is 11.4. The number of allylic oxidation sites excluding steroid dienone is 1. The van der Waals surface area contributed by atoms with Crippen LogP contribution in [0.5, 0.6) is 0 Å². The maximum Gasteiger partial charge on any atom is 0.161 e. The maximum absolute atomic E-state index is 11.4. The molecule has 1 N–H and O–H groups in total. The monoisotopic (exact) mass is 377 g/mol. The molecule has 1 aromatic carbocycles. The normalized spacial score (nSPS) is 15.4. The van der Waals surface area contributed by atoms with E-state index in [9.17, 15) is 4.79 Å². The van der Waals surface area contributed by atoms with Crippen LogP contribution in [0, 0.1) is 20.8 Å². The molecule has 0 spiro atoms. The van der Waals surface area contributed by atoms with Gasteiger partial charge in [0.15, 0.2) is 5.78 Å². The van der Waals surface area contributed by atoms with E-state index in [1.807, 2.05) is 19.1 Å². The zero-order valence-electron chi connectivity index (χ0n) is 17.5. The van der Waals surface area contributed by atoms with Crippen LogP contribution < -0.4 is 5.32 Å². The number of anilines is 1. The highest BCUT2D eigenvalue weighted by atomic mass is 16.1. The van der Waals surface area contributed by atoms with Crippen LogP contribution in [0.3, 0.4) is 0 Å². The minimum Gasteiger partial charge on any atom is -0.370 e. The van der Waals surface area contributed by atoms with Crippen molar-refractivity contribution in [1.82, 2.24) is 9.88 Å². The first-order valence-corrected chi connectivity index (χ1v) is 9.65. The summed E-state index contributed by atoms with van der Waals surface area (Å²) in [5.41, 5.74) is 5.09. The lowest BCUT2D eigenvalue weighted by Gasteiger charge is -2.19. The van der Waals surface area contributed by atoms with Gasteiger partial charge in [-0.3, -0.25) is 4.79 Å². The van der Waals surface area contributed by atoms with Crippen LogP contribution in [0.15, 0.2) is 61.3 Å². The Balaban J connectivity index is 0.000000292. The van der Waals surface area contributed by atoms with Crippen molar-refractivity contribution < 1.29 is 4.79 Å². The summed E-state index contributed by atoms with van der Waals surface area (Å²) in [5, 5.41) is 3.42. The zero-order valence-corrected chi connectivity index (χ0v) is 17.5. The number of likely N-dealkylation sites (tertiary alicyclic amines) is 1. The van der Waals surface area contributed by atoms with Crippen LogP contribution in [0.2, 0.25) is 0 Å². The minimum absolute atomic E-state index is 0.0517. The van der Waals surface area contributed by atoms with Gasteiger partial charge in [0.1, 0.15) is 5.82 Å². The van der Waals surface area contributed by atoms with Crippen LogP contribution in [0.4, 0.5) is 5.82 Å². The summed E-state index contributed by atoms with van der Waals surface area (Å²) >= 11 is 0. The van der Waals surface area contributed by atoms with E-state index >= 15 is 0 Å². The largest absolute Gasteiger partial charge is 0.370 e. The molecule has 28 heavy (non-hydrogen) atoms. The third-order valence-electron chi connectivity index (χ3n) is 4.82. The summed E-state index contributed by atoms with van der Waals surface area (Å²) in [6.07, 6.45) is 2.83. The second-order valence-corrected chi connectivity index (χ2v) is 7.32. The number of ketones is 1. The van der Waals surface area contributed by atoms with Crippen LogP contribution >= 0.6 is 0 Å². The molecule has 2 heterocycles. The average molecular weight is 378 g/mol. The molecule has 2 aromatic rings. The molecule has 1 unspecified atom stereocenters. The first-order chi connectivity index (χ1) is 13.3. The fourth-order valence-electron chi connectivity index (χ4n) is 3.30. The molecule has 4 nitrogen and oxygen atoms in total. The van der Waals surface area contributed by atoms with Crippen LogP contribution in [-0.4, -0.2) is 34.8 Å². The molecule has 3 rings (SSSR count). The average Bonchev–Trinajstić information content (AvgIpc) is 3.09.